The molecule has 1 aromatic rings. The maximum atomic E-state index is 13.6. The second kappa shape index (κ2) is 6.02. The summed E-state index contributed by atoms with van der Waals surface area (Å²) in [5, 5.41) is 3.48. The Balaban J connectivity index is 2.07. The average molecular weight is 315 g/mol. The minimum absolute atomic E-state index is 0.176. The van der Waals surface area contributed by atoms with Gasteiger partial charge in [0.25, 0.3) is 0 Å². The number of nitrogens with zero attached hydrogens (tertiary/aromatic N) is 1. The number of benzene rings is 1. The summed E-state index contributed by atoms with van der Waals surface area (Å²) < 4.78 is 14.2. The maximum absolute atomic E-state index is 13.6. The molecule has 4 heteroatoms. The predicted octanol–water partition coefficient (Wildman–Crippen LogP) is 3.47. The normalized spacial score (nSPS) is 17.2. The molecular formula is C14H20BrFN2. The van der Waals surface area contributed by atoms with Crippen molar-refractivity contribution < 1.29 is 4.39 Å². The number of piperidine rings is 1. The summed E-state index contributed by atoms with van der Waals surface area (Å²) in [5.74, 6) is -0.176. The quantitative estimate of drug-likeness (QED) is 0.919. The zero-order valence-corrected chi connectivity index (χ0v) is 12.6. The van der Waals surface area contributed by atoms with E-state index in [-0.39, 0.29) is 5.82 Å². The van der Waals surface area contributed by atoms with E-state index in [9.17, 15) is 4.39 Å². The molecule has 0 amide bonds. The highest BCUT2D eigenvalue weighted by atomic mass is 79.9. The summed E-state index contributed by atoms with van der Waals surface area (Å²) in [5.41, 5.74) is 2.16. The van der Waals surface area contributed by atoms with E-state index in [1.54, 1.807) is 6.07 Å². The van der Waals surface area contributed by atoms with Gasteiger partial charge in [-0.2, -0.15) is 0 Å². The molecule has 0 atom stereocenters. The minimum Gasteiger partial charge on any atom is -0.371 e. The van der Waals surface area contributed by atoms with Gasteiger partial charge in [0.05, 0.1) is 4.47 Å². The number of hydrogen-bond acceptors (Lipinski definition) is 2. The first-order valence-corrected chi connectivity index (χ1v) is 7.35. The fourth-order valence-corrected chi connectivity index (χ4v) is 3.05. The first kappa shape index (κ1) is 13.8. The molecule has 0 unspecified atom stereocenters. The molecule has 1 aliphatic rings. The summed E-state index contributed by atoms with van der Waals surface area (Å²) in [6.07, 6.45) is 2.26. The molecular weight excluding hydrogens is 295 g/mol. The predicted molar refractivity (Wildman–Crippen MR) is 77.7 cm³/mol. The van der Waals surface area contributed by atoms with Crippen LogP contribution in [0.15, 0.2) is 16.6 Å². The van der Waals surface area contributed by atoms with Gasteiger partial charge in [-0.1, -0.05) is 6.92 Å². The first-order chi connectivity index (χ1) is 8.61. The van der Waals surface area contributed by atoms with Gasteiger partial charge in [-0.3, -0.25) is 0 Å². The van der Waals surface area contributed by atoms with Crippen LogP contribution >= 0.6 is 15.9 Å². The molecule has 2 nitrogen and oxygen atoms in total. The lowest BCUT2D eigenvalue weighted by Gasteiger charge is -2.34. The van der Waals surface area contributed by atoms with Crippen LogP contribution < -0.4 is 10.2 Å². The number of nitrogens with one attached hydrogen (secondary N) is 1. The summed E-state index contributed by atoms with van der Waals surface area (Å²) >= 11 is 3.23. The Morgan fingerprint density at radius 1 is 1.39 bits per heavy atom. The Morgan fingerprint density at radius 3 is 2.67 bits per heavy atom. The molecule has 0 bridgehead atoms. The highest BCUT2D eigenvalue weighted by Crippen LogP contribution is 2.28. The second-order valence-electron chi connectivity index (χ2n) is 4.87. The molecule has 0 spiro atoms. The van der Waals surface area contributed by atoms with E-state index in [0.29, 0.717) is 10.5 Å². The van der Waals surface area contributed by atoms with Gasteiger partial charge < -0.3 is 10.2 Å². The Hall–Kier alpha value is -0.610. The molecule has 2 rings (SSSR count). The molecule has 18 heavy (non-hydrogen) atoms. The topological polar surface area (TPSA) is 15.3 Å². The van der Waals surface area contributed by atoms with E-state index in [1.165, 1.54) is 0 Å². The lowest BCUT2D eigenvalue weighted by molar-refractivity contribution is 0.423. The molecule has 100 valence electrons. The van der Waals surface area contributed by atoms with Crippen molar-refractivity contribution >= 4 is 21.6 Å². The van der Waals surface area contributed by atoms with Crippen molar-refractivity contribution in [1.29, 1.82) is 0 Å². The first-order valence-electron chi connectivity index (χ1n) is 6.55. The number of anilines is 1. The number of hydrogen-bond donors (Lipinski definition) is 1. The highest BCUT2D eigenvalue weighted by Gasteiger charge is 2.20. The zero-order chi connectivity index (χ0) is 13.1. The average Bonchev–Trinajstić information content (AvgIpc) is 2.35. The Morgan fingerprint density at radius 2 is 2.06 bits per heavy atom. The van der Waals surface area contributed by atoms with E-state index in [0.717, 1.165) is 43.7 Å². The Labute approximate surface area is 117 Å². The molecule has 0 saturated carbocycles. The zero-order valence-electron chi connectivity index (χ0n) is 11.0. The standard InChI is InChI=1S/C14H20BrFN2/c1-3-17-11-4-6-18(7-5-11)14-9-13(16)12(15)8-10(14)2/h8-9,11,17H,3-7H2,1-2H3. The molecule has 0 aromatic heterocycles. The van der Waals surface area contributed by atoms with Crippen LogP contribution in [0.4, 0.5) is 10.1 Å². The van der Waals surface area contributed by atoms with Gasteiger partial charge in [0.2, 0.25) is 0 Å². The van der Waals surface area contributed by atoms with Crippen molar-refractivity contribution in [3.63, 3.8) is 0 Å². The molecule has 1 saturated heterocycles. The third-order valence-electron chi connectivity index (χ3n) is 3.57. The third kappa shape index (κ3) is 3.04. The Kier molecular flexibility index (Phi) is 4.62. The smallest absolute Gasteiger partial charge is 0.139 e. The molecule has 1 heterocycles. The summed E-state index contributed by atoms with van der Waals surface area (Å²) in [6.45, 7) is 7.20. The summed E-state index contributed by atoms with van der Waals surface area (Å²) in [4.78, 5) is 2.29. The van der Waals surface area contributed by atoms with Gasteiger partial charge in [-0.15, -0.1) is 0 Å². The maximum Gasteiger partial charge on any atom is 0.139 e. The van der Waals surface area contributed by atoms with Gasteiger partial charge in [0, 0.05) is 24.8 Å². The summed E-state index contributed by atoms with van der Waals surface area (Å²) in [6, 6.07) is 4.13. The van der Waals surface area contributed by atoms with Crippen molar-refractivity contribution in [2.45, 2.75) is 32.7 Å². The molecule has 1 fully saturated rings. The number of halogens is 2. The van der Waals surface area contributed by atoms with Crippen LogP contribution in [-0.2, 0) is 0 Å². The third-order valence-corrected chi connectivity index (χ3v) is 4.17. The monoisotopic (exact) mass is 314 g/mol. The van der Waals surface area contributed by atoms with Crippen molar-refractivity contribution in [1.82, 2.24) is 5.32 Å². The highest BCUT2D eigenvalue weighted by molar-refractivity contribution is 9.10. The largest absolute Gasteiger partial charge is 0.371 e. The number of rotatable bonds is 3. The minimum atomic E-state index is -0.176. The molecule has 1 aliphatic heterocycles. The lowest BCUT2D eigenvalue weighted by atomic mass is 10.0. The van der Waals surface area contributed by atoms with Crippen molar-refractivity contribution in [3.8, 4) is 0 Å². The van der Waals surface area contributed by atoms with E-state index >= 15 is 0 Å². The lowest BCUT2D eigenvalue weighted by Crippen LogP contribution is -2.42. The van der Waals surface area contributed by atoms with Crippen LogP contribution in [0.1, 0.15) is 25.3 Å². The van der Waals surface area contributed by atoms with Gasteiger partial charge in [0.1, 0.15) is 5.82 Å². The van der Waals surface area contributed by atoms with Gasteiger partial charge >= 0.3 is 0 Å². The fraction of sp³-hybridized carbons (Fsp3) is 0.571. The Bertz CT molecular complexity index is 415. The van der Waals surface area contributed by atoms with Crippen LogP contribution in [0, 0.1) is 12.7 Å². The van der Waals surface area contributed by atoms with Gasteiger partial charge in [-0.25, -0.2) is 4.39 Å². The molecule has 0 aliphatic carbocycles. The SMILES string of the molecule is CCNC1CCN(c2cc(F)c(Br)cc2C)CC1. The molecule has 1 N–H and O–H groups in total. The summed E-state index contributed by atoms with van der Waals surface area (Å²) in [7, 11) is 0. The van der Waals surface area contributed by atoms with Crippen molar-refractivity contribution in [2.75, 3.05) is 24.5 Å². The molecule has 0 radical (unpaired) electrons. The van der Waals surface area contributed by atoms with Crippen LogP contribution in [0.5, 0.6) is 0 Å². The van der Waals surface area contributed by atoms with Gasteiger partial charge in [0.15, 0.2) is 0 Å². The van der Waals surface area contributed by atoms with Crippen molar-refractivity contribution in [2.24, 2.45) is 0 Å². The second-order valence-corrected chi connectivity index (χ2v) is 5.73. The van der Waals surface area contributed by atoms with E-state index < -0.39 is 0 Å². The van der Waals surface area contributed by atoms with E-state index in [2.05, 4.69) is 33.1 Å². The molecule has 1 aromatic carbocycles. The van der Waals surface area contributed by atoms with E-state index in [4.69, 9.17) is 0 Å². The fourth-order valence-electron chi connectivity index (χ4n) is 2.59. The van der Waals surface area contributed by atoms with E-state index in [1.807, 2.05) is 13.0 Å². The number of aryl methyl sites for hydroxylation is 1. The van der Waals surface area contributed by atoms with Crippen molar-refractivity contribution in [3.05, 3.63) is 28.0 Å². The van der Waals surface area contributed by atoms with Crippen LogP contribution in [0.3, 0.4) is 0 Å². The van der Waals surface area contributed by atoms with Crippen LogP contribution in [-0.4, -0.2) is 25.7 Å². The van der Waals surface area contributed by atoms with Crippen LogP contribution in [0.25, 0.3) is 0 Å². The van der Waals surface area contributed by atoms with Crippen LogP contribution in [0.2, 0.25) is 0 Å². The van der Waals surface area contributed by atoms with Gasteiger partial charge in [-0.05, 0) is 59.9 Å².